The van der Waals surface area contributed by atoms with Gasteiger partial charge in [-0.3, -0.25) is 4.79 Å². The Labute approximate surface area is 69.5 Å². The second kappa shape index (κ2) is 4.32. The van der Waals surface area contributed by atoms with Gasteiger partial charge in [-0.2, -0.15) is 0 Å². The van der Waals surface area contributed by atoms with Crippen LogP contribution < -0.4 is 0 Å². The highest BCUT2D eigenvalue weighted by atomic mass is 16.1. The fourth-order valence-electron chi connectivity index (χ4n) is 1.14. The minimum atomic E-state index is 0.111. The van der Waals surface area contributed by atoms with Gasteiger partial charge in [-0.05, 0) is 26.7 Å². The minimum Gasteiger partial charge on any atom is -0.299 e. The van der Waals surface area contributed by atoms with Crippen molar-refractivity contribution < 1.29 is 4.79 Å². The summed E-state index contributed by atoms with van der Waals surface area (Å²) < 4.78 is 0. The molecule has 0 heterocycles. The van der Waals surface area contributed by atoms with E-state index in [1.165, 1.54) is 5.57 Å². The normalized spacial score (nSPS) is 12.9. The van der Waals surface area contributed by atoms with Crippen molar-refractivity contribution in [3.8, 4) is 0 Å². The van der Waals surface area contributed by atoms with Crippen molar-refractivity contribution in [2.45, 2.75) is 34.6 Å². The Kier molecular flexibility index (Phi) is 4.09. The smallest absolute Gasteiger partial charge is 0.136 e. The van der Waals surface area contributed by atoms with Gasteiger partial charge in [0.15, 0.2) is 0 Å². The van der Waals surface area contributed by atoms with Crippen LogP contribution in [0.1, 0.15) is 34.6 Å². The molecule has 0 aliphatic rings. The molecule has 0 rings (SSSR count). The summed E-state index contributed by atoms with van der Waals surface area (Å²) in [4.78, 5) is 11.1. The number of carbonyl (C=O) groups is 1. The molecule has 0 aromatic rings. The number of Topliss-reactive ketones (excluding diaryl/α,β-unsaturated/α-hetero) is 1. The van der Waals surface area contributed by atoms with E-state index in [-0.39, 0.29) is 11.7 Å². The Morgan fingerprint density at radius 2 is 1.64 bits per heavy atom. The van der Waals surface area contributed by atoms with Gasteiger partial charge in [-0.15, -0.1) is 0 Å². The summed E-state index contributed by atoms with van der Waals surface area (Å²) in [5.41, 5.74) is 1.22. The third kappa shape index (κ3) is 3.97. The summed E-state index contributed by atoms with van der Waals surface area (Å²) in [7, 11) is 0. The van der Waals surface area contributed by atoms with Crippen molar-refractivity contribution >= 4 is 5.78 Å². The van der Waals surface area contributed by atoms with Crippen molar-refractivity contribution in [1.82, 2.24) is 0 Å². The lowest BCUT2D eigenvalue weighted by atomic mass is 9.91. The summed E-state index contributed by atoms with van der Waals surface area (Å²) in [6, 6.07) is 0. The van der Waals surface area contributed by atoms with Gasteiger partial charge in [-0.25, -0.2) is 0 Å². The lowest BCUT2D eigenvalue weighted by molar-refractivity contribution is -0.120. The van der Waals surface area contributed by atoms with Gasteiger partial charge in [0, 0.05) is 5.92 Å². The first-order valence-corrected chi connectivity index (χ1v) is 4.10. The van der Waals surface area contributed by atoms with E-state index < -0.39 is 0 Å². The van der Waals surface area contributed by atoms with Gasteiger partial charge in [-0.1, -0.05) is 25.5 Å². The zero-order valence-corrected chi connectivity index (χ0v) is 8.14. The van der Waals surface area contributed by atoms with E-state index in [1.54, 1.807) is 6.92 Å². The number of carbonyl (C=O) groups excluding carboxylic acids is 1. The second-order valence-corrected chi connectivity index (χ2v) is 3.62. The minimum absolute atomic E-state index is 0.111. The first-order chi connectivity index (χ1) is 4.95. The topological polar surface area (TPSA) is 17.1 Å². The van der Waals surface area contributed by atoms with Crippen molar-refractivity contribution in [1.29, 1.82) is 0 Å². The average Bonchev–Trinajstić information content (AvgIpc) is 1.81. The molecule has 0 aliphatic heterocycles. The van der Waals surface area contributed by atoms with E-state index >= 15 is 0 Å². The summed E-state index contributed by atoms with van der Waals surface area (Å²) in [5, 5.41) is 0. The molecule has 0 aliphatic carbocycles. The van der Waals surface area contributed by atoms with E-state index in [4.69, 9.17) is 0 Å². The van der Waals surface area contributed by atoms with E-state index in [9.17, 15) is 4.79 Å². The van der Waals surface area contributed by atoms with Crippen LogP contribution in [0.2, 0.25) is 0 Å². The van der Waals surface area contributed by atoms with E-state index in [0.29, 0.717) is 5.92 Å². The molecule has 0 N–H and O–H groups in total. The van der Waals surface area contributed by atoms with Crippen LogP contribution >= 0.6 is 0 Å². The van der Waals surface area contributed by atoms with Gasteiger partial charge < -0.3 is 0 Å². The molecule has 0 saturated heterocycles. The Morgan fingerprint density at radius 3 is 1.73 bits per heavy atom. The van der Waals surface area contributed by atoms with Crippen molar-refractivity contribution in [3.05, 3.63) is 11.6 Å². The third-order valence-corrected chi connectivity index (χ3v) is 1.70. The SMILES string of the molecule is CC(=O)C(C=C(C)C)C(C)C. The molecule has 0 aromatic heterocycles. The molecule has 11 heavy (non-hydrogen) atoms. The Morgan fingerprint density at radius 1 is 1.18 bits per heavy atom. The van der Waals surface area contributed by atoms with Crippen molar-refractivity contribution in [2.75, 3.05) is 0 Å². The Balaban J connectivity index is 4.36. The van der Waals surface area contributed by atoms with Crippen LogP contribution in [0, 0.1) is 11.8 Å². The van der Waals surface area contributed by atoms with E-state index in [0.717, 1.165) is 0 Å². The fourth-order valence-corrected chi connectivity index (χ4v) is 1.14. The van der Waals surface area contributed by atoms with Crippen molar-refractivity contribution in [2.24, 2.45) is 11.8 Å². The van der Waals surface area contributed by atoms with Gasteiger partial charge >= 0.3 is 0 Å². The molecular weight excluding hydrogens is 136 g/mol. The summed E-state index contributed by atoms with van der Waals surface area (Å²) in [6.07, 6.45) is 2.05. The highest BCUT2D eigenvalue weighted by Crippen LogP contribution is 2.15. The Hall–Kier alpha value is -0.590. The molecule has 1 atom stereocenters. The van der Waals surface area contributed by atoms with Crippen molar-refractivity contribution in [3.63, 3.8) is 0 Å². The Bertz CT molecular complexity index is 162. The standard InChI is InChI=1S/C10H18O/c1-7(2)6-10(8(3)4)9(5)11/h6,8,10H,1-5H3. The van der Waals surface area contributed by atoms with Gasteiger partial charge in [0.1, 0.15) is 5.78 Å². The van der Waals surface area contributed by atoms with Crippen LogP contribution in [-0.4, -0.2) is 5.78 Å². The quantitative estimate of drug-likeness (QED) is 0.571. The van der Waals surface area contributed by atoms with Crippen LogP contribution in [0.5, 0.6) is 0 Å². The molecule has 0 fully saturated rings. The average molecular weight is 154 g/mol. The second-order valence-electron chi connectivity index (χ2n) is 3.62. The zero-order chi connectivity index (χ0) is 9.02. The molecule has 0 bridgehead atoms. The molecule has 1 nitrogen and oxygen atoms in total. The molecule has 0 amide bonds. The molecular formula is C10H18O. The van der Waals surface area contributed by atoms with Crippen LogP contribution in [0.3, 0.4) is 0 Å². The van der Waals surface area contributed by atoms with Gasteiger partial charge in [0.05, 0.1) is 0 Å². The summed E-state index contributed by atoms with van der Waals surface area (Å²) in [6.45, 7) is 9.86. The third-order valence-electron chi connectivity index (χ3n) is 1.70. The molecule has 0 radical (unpaired) electrons. The van der Waals surface area contributed by atoms with Crippen LogP contribution in [0.4, 0.5) is 0 Å². The molecule has 64 valence electrons. The van der Waals surface area contributed by atoms with Crippen LogP contribution in [0.25, 0.3) is 0 Å². The van der Waals surface area contributed by atoms with Gasteiger partial charge in [0.2, 0.25) is 0 Å². The first-order valence-electron chi connectivity index (χ1n) is 4.10. The highest BCUT2D eigenvalue weighted by Gasteiger charge is 2.14. The monoisotopic (exact) mass is 154 g/mol. The number of allylic oxidation sites excluding steroid dienone is 2. The maximum absolute atomic E-state index is 11.1. The lowest BCUT2D eigenvalue weighted by Gasteiger charge is -2.13. The first kappa shape index (κ1) is 10.4. The highest BCUT2D eigenvalue weighted by molar-refractivity contribution is 5.80. The molecule has 0 spiro atoms. The predicted molar refractivity (Wildman–Crippen MR) is 48.4 cm³/mol. The molecule has 1 heteroatoms. The molecule has 1 unspecified atom stereocenters. The number of ketones is 1. The summed E-state index contributed by atoms with van der Waals surface area (Å²) >= 11 is 0. The summed E-state index contributed by atoms with van der Waals surface area (Å²) in [5.74, 6) is 0.795. The number of hydrogen-bond donors (Lipinski definition) is 0. The lowest BCUT2D eigenvalue weighted by Crippen LogP contribution is -2.14. The van der Waals surface area contributed by atoms with E-state index in [2.05, 4.69) is 13.8 Å². The van der Waals surface area contributed by atoms with Crippen LogP contribution in [-0.2, 0) is 4.79 Å². The zero-order valence-electron chi connectivity index (χ0n) is 8.14. The van der Waals surface area contributed by atoms with Gasteiger partial charge in [0.25, 0.3) is 0 Å². The maximum atomic E-state index is 11.1. The fraction of sp³-hybridized carbons (Fsp3) is 0.700. The maximum Gasteiger partial charge on any atom is 0.136 e. The van der Waals surface area contributed by atoms with Crippen LogP contribution in [0.15, 0.2) is 11.6 Å². The number of hydrogen-bond acceptors (Lipinski definition) is 1. The number of rotatable bonds is 3. The predicted octanol–water partition coefficient (Wildman–Crippen LogP) is 2.81. The van der Waals surface area contributed by atoms with E-state index in [1.807, 2.05) is 19.9 Å². The molecule has 0 saturated carbocycles. The molecule has 0 aromatic carbocycles. The largest absolute Gasteiger partial charge is 0.299 e.